The Labute approximate surface area is 139 Å². The molecule has 0 saturated heterocycles. The number of hydrogen-bond acceptors (Lipinski definition) is 3. The maximum Gasteiger partial charge on any atom is 0.224 e. The number of carbonyl (C=O) groups excluding carboxylic acids is 1. The second-order valence-electron chi connectivity index (χ2n) is 5.61. The molecule has 1 aromatic heterocycles. The van der Waals surface area contributed by atoms with E-state index in [1.807, 2.05) is 61.5 Å². The van der Waals surface area contributed by atoms with Gasteiger partial charge < -0.3 is 10.4 Å². The molecule has 2 aromatic carbocycles. The molecule has 1 heterocycles. The lowest BCUT2D eigenvalue weighted by Crippen LogP contribution is -2.29. The van der Waals surface area contributed by atoms with E-state index in [1.165, 1.54) is 0 Å². The van der Waals surface area contributed by atoms with Gasteiger partial charge in [0.2, 0.25) is 5.91 Å². The third kappa shape index (κ3) is 3.78. The quantitative estimate of drug-likeness (QED) is 0.753. The van der Waals surface area contributed by atoms with E-state index < -0.39 is 6.10 Å². The second-order valence-corrected chi connectivity index (χ2v) is 6.73. The third-order valence-corrected chi connectivity index (χ3v) is 5.10. The third-order valence-electron chi connectivity index (χ3n) is 3.88. The number of carbonyl (C=O) groups is 1. The van der Waals surface area contributed by atoms with Crippen LogP contribution in [-0.2, 0) is 11.2 Å². The zero-order valence-electron chi connectivity index (χ0n) is 13.0. The normalized spacial score (nSPS) is 12.3. The van der Waals surface area contributed by atoms with E-state index in [4.69, 9.17) is 0 Å². The van der Waals surface area contributed by atoms with Crippen LogP contribution >= 0.6 is 11.3 Å². The molecule has 1 unspecified atom stereocenters. The Bertz CT molecular complexity index is 792. The van der Waals surface area contributed by atoms with Crippen LogP contribution in [0, 0.1) is 6.92 Å². The number of thiophene rings is 1. The monoisotopic (exact) mass is 325 g/mol. The average molecular weight is 325 g/mol. The van der Waals surface area contributed by atoms with E-state index in [0.717, 1.165) is 26.1 Å². The van der Waals surface area contributed by atoms with E-state index in [-0.39, 0.29) is 12.5 Å². The first-order chi connectivity index (χ1) is 11.1. The fourth-order valence-electron chi connectivity index (χ4n) is 2.52. The van der Waals surface area contributed by atoms with Crippen molar-refractivity contribution in [3.8, 4) is 0 Å². The number of hydrogen-bond donors (Lipinski definition) is 2. The molecule has 118 valence electrons. The van der Waals surface area contributed by atoms with Gasteiger partial charge >= 0.3 is 0 Å². The topological polar surface area (TPSA) is 49.3 Å². The summed E-state index contributed by atoms with van der Waals surface area (Å²) in [6.45, 7) is 2.23. The van der Waals surface area contributed by atoms with Crippen LogP contribution in [0.1, 0.15) is 22.1 Å². The lowest BCUT2D eigenvalue weighted by Gasteiger charge is -2.11. The highest BCUT2D eigenvalue weighted by atomic mass is 32.1. The van der Waals surface area contributed by atoms with Gasteiger partial charge in [0.05, 0.1) is 6.42 Å². The highest BCUT2D eigenvalue weighted by Crippen LogP contribution is 2.29. The van der Waals surface area contributed by atoms with Crippen molar-refractivity contribution in [1.29, 1.82) is 0 Å². The number of fused-ring (bicyclic) bond motifs is 1. The molecule has 0 spiro atoms. The Balaban J connectivity index is 1.59. The molecule has 1 amide bonds. The van der Waals surface area contributed by atoms with Crippen molar-refractivity contribution in [2.24, 2.45) is 0 Å². The van der Waals surface area contributed by atoms with Crippen LogP contribution in [0.3, 0.4) is 0 Å². The van der Waals surface area contributed by atoms with Crippen molar-refractivity contribution in [3.05, 3.63) is 70.6 Å². The molecule has 0 aliphatic heterocycles. The van der Waals surface area contributed by atoms with Crippen molar-refractivity contribution in [3.63, 3.8) is 0 Å². The highest BCUT2D eigenvalue weighted by Gasteiger charge is 2.13. The zero-order chi connectivity index (χ0) is 16.2. The van der Waals surface area contributed by atoms with Gasteiger partial charge in [-0.2, -0.15) is 0 Å². The number of nitrogens with one attached hydrogen (secondary N) is 1. The Morgan fingerprint density at radius 2 is 1.91 bits per heavy atom. The van der Waals surface area contributed by atoms with Gasteiger partial charge in [-0.3, -0.25) is 4.79 Å². The summed E-state index contributed by atoms with van der Waals surface area (Å²) in [6, 6.07) is 17.9. The molecule has 0 bridgehead atoms. The number of aliphatic hydroxyl groups is 1. The summed E-state index contributed by atoms with van der Waals surface area (Å²) in [4.78, 5) is 12.9. The van der Waals surface area contributed by atoms with Crippen LogP contribution in [0.5, 0.6) is 0 Å². The second kappa shape index (κ2) is 6.94. The smallest absolute Gasteiger partial charge is 0.224 e. The van der Waals surface area contributed by atoms with Crippen molar-refractivity contribution < 1.29 is 9.90 Å². The minimum absolute atomic E-state index is 0.0699. The molecule has 0 saturated carbocycles. The summed E-state index contributed by atoms with van der Waals surface area (Å²) in [5, 5.41) is 14.2. The van der Waals surface area contributed by atoms with E-state index in [9.17, 15) is 9.90 Å². The molecule has 0 fully saturated rings. The van der Waals surface area contributed by atoms with Crippen LogP contribution in [0.2, 0.25) is 0 Å². The van der Waals surface area contributed by atoms with Gasteiger partial charge in [0.25, 0.3) is 0 Å². The highest BCUT2D eigenvalue weighted by molar-refractivity contribution is 7.19. The minimum atomic E-state index is -0.673. The standard InChI is InChI=1S/C19H19NO2S/c1-13-6-2-3-7-14(13)11-19(22)20-12-16(21)18-10-15-8-4-5-9-17(15)23-18/h2-10,16,21H,11-12H2,1H3,(H,20,22). The number of amides is 1. The summed E-state index contributed by atoms with van der Waals surface area (Å²) < 4.78 is 1.15. The molecule has 1 atom stereocenters. The molecular weight excluding hydrogens is 306 g/mol. The molecule has 0 radical (unpaired) electrons. The Morgan fingerprint density at radius 1 is 1.17 bits per heavy atom. The Morgan fingerprint density at radius 3 is 2.70 bits per heavy atom. The van der Waals surface area contributed by atoms with Crippen LogP contribution in [0.25, 0.3) is 10.1 Å². The minimum Gasteiger partial charge on any atom is -0.386 e. The predicted molar refractivity (Wildman–Crippen MR) is 94.7 cm³/mol. The first-order valence-corrected chi connectivity index (χ1v) is 8.43. The van der Waals surface area contributed by atoms with Crippen LogP contribution in [-0.4, -0.2) is 17.6 Å². The summed E-state index contributed by atoms with van der Waals surface area (Å²) in [6.07, 6.45) is -0.334. The summed E-state index contributed by atoms with van der Waals surface area (Å²) in [5.74, 6) is -0.0699. The largest absolute Gasteiger partial charge is 0.386 e. The van der Waals surface area contributed by atoms with E-state index >= 15 is 0 Å². The van der Waals surface area contributed by atoms with Crippen molar-refractivity contribution in [2.45, 2.75) is 19.4 Å². The number of rotatable bonds is 5. The average Bonchev–Trinajstić information content (AvgIpc) is 2.99. The first kappa shape index (κ1) is 15.7. The first-order valence-electron chi connectivity index (χ1n) is 7.61. The molecule has 4 heteroatoms. The number of benzene rings is 2. The Hall–Kier alpha value is -2.17. The summed E-state index contributed by atoms with van der Waals surface area (Å²) in [5.41, 5.74) is 2.12. The van der Waals surface area contributed by atoms with Gasteiger partial charge in [-0.15, -0.1) is 11.3 Å². The molecule has 2 N–H and O–H groups in total. The fourth-order valence-corrected chi connectivity index (χ4v) is 3.57. The maximum absolute atomic E-state index is 12.1. The molecular formula is C19H19NO2S. The molecule has 0 aliphatic carbocycles. The summed E-state index contributed by atoms with van der Waals surface area (Å²) >= 11 is 1.56. The fraction of sp³-hybridized carbons (Fsp3) is 0.211. The van der Waals surface area contributed by atoms with Crippen LogP contribution < -0.4 is 5.32 Å². The molecule has 3 rings (SSSR count). The molecule has 3 aromatic rings. The predicted octanol–water partition coefficient (Wildman–Crippen LogP) is 3.60. The van der Waals surface area contributed by atoms with E-state index in [1.54, 1.807) is 11.3 Å². The van der Waals surface area contributed by atoms with Crippen LogP contribution in [0.4, 0.5) is 0 Å². The van der Waals surface area contributed by atoms with E-state index in [2.05, 4.69) is 5.32 Å². The molecule has 0 aliphatic rings. The van der Waals surface area contributed by atoms with Gasteiger partial charge in [0.1, 0.15) is 6.10 Å². The summed E-state index contributed by atoms with van der Waals surface area (Å²) in [7, 11) is 0. The van der Waals surface area contributed by atoms with Gasteiger partial charge in [-0.25, -0.2) is 0 Å². The molecule has 23 heavy (non-hydrogen) atoms. The lowest BCUT2D eigenvalue weighted by molar-refractivity contribution is -0.120. The van der Waals surface area contributed by atoms with Crippen molar-refractivity contribution in [2.75, 3.05) is 6.54 Å². The van der Waals surface area contributed by atoms with E-state index in [0.29, 0.717) is 6.42 Å². The maximum atomic E-state index is 12.1. The molecule has 3 nitrogen and oxygen atoms in total. The van der Waals surface area contributed by atoms with Crippen molar-refractivity contribution in [1.82, 2.24) is 5.32 Å². The van der Waals surface area contributed by atoms with Gasteiger partial charge in [-0.1, -0.05) is 42.5 Å². The number of aliphatic hydroxyl groups excluding tert-OH is 1. The van der Waals surface area contributed by atoms with Gasteiger partial charge in [0, 0.05) is 16.1 Å². The lowest BCUT2D eigenvalue weighted by atomic mass is 10.1. The van der Waals surface area contributed by atoms with Crippen molar-refractivity contribution >= 4 is 27.3 Å². The Kier molecular flexibility index (Phi) is 4.74. The zero-order valence-corrected chi connectivity index (χ0v) is 13.8. The number of aryl methyl sites for hydroxylation is 1. The van der Waals surface area contributed by atoms with Gasteiger partial charge in [0.15, 0.2) is 0 Å². The van der Waals surface area contributed by atoms with Crippen LogP contribution in [0.15, 0.2) is 54.6 Å². The SMILES string of the molecule is Cc1ccccc1CC(=O)NCC(O)c1cc2ccccc2s1. The van der Waals surface area contributed by atoms with Gasteiger partial charge in [-0.05, 0) is 35.6 Å².